The summed E-state index contributed by atoms with van der Waals surface area (Å²) in [6.07, 6.45) is 8.17. The van der Waals surface area contributed by atoms with Crippen molar-refractivity contribution in [1.82, 2.24) is 10.3 Å². The Morgan fingerprint density at radius 3 is 3.07 bits per heavy atom. The van der Waals surface area contributed by atoms with Crippen molar-refractivity contribution in [3.63, 3.8) is 0 Å². The fraction of sp³-hybridized carbons (Fsp3) is 0.462. The molecular weight excluding hydrogens is 184 g/mol. The van der Waals surface area contributed by atoms with Crippen LogP contribution in [0.25, 0.3) is 0 Å². The van der Waals surface area contributed by atoms with Crippen molar-refractivity contribution < 1.29 is 0 Å². The molecule has 0 spiro atoms. The average molecular weight is 204 g/mol. The smallest absolute Gasteiger partial charge is 0.0303 e. The first kappa shape index (κ1) is 11.9. The molecule has 15 heavy (non-hydrogen) atoms. The zero-order valence-electron chi connectivity index (χ0n) is 9.66. The highest BCUT2D eigenvalue weighted by molar-refractivity contribution is 5.17. The van der Waals surface area contributed by atoms with E-state index in [1.54, 1.807) is 0 Å². The first-order valence-corrected chi connectivity index (χ1v) is 5.58. The Hall–Kier alpha value is -1.15. The third-order valence-corrected chi connectivity index (χ3v) is 2.27. The van der Waals surface area contributed by atoms with Crippen molar-refractivity contribution in [2.75, 3.05) is 13.1 Å². The summed E-state index contributed by atoms with van der Waals surface area (Å²) in [6, 6.07) is 4.11. The van der Waals surface area contributed by atoms with E-state index in [1.807, 2.05) is 18.5 Å². The van der Waals surface area contributed by atoms with E-state index in [4.69, 9.17) is 0 Å². The van der Waals surface area contributed by atoms with E-state index < -0.39 is 0 Å². The molecule has 1 aromatic rings. The normalized spacial score (nSPS) is 11.7. The van der Waals surface area contributed by atoms with Crippen molar-refractivity contribution in [1.29, 1.82) is 0 Å². The first-order valence-electron chi connectivity index (χ1n) is 5.58. The van der Waals surface area contributed by atoms with E-state index in [0.717, 1.165) is 25.9 Å². The average Bonchev–Trinajstić information content (AvgIpc) is 2.26. The van der Waals surface area contributed by atoms with Crippen molar-refractivity contribution in [2.45, 2.75) is 26.7 Å². The molecule has 0 atom stereocenters. The van der Waals surface area contributed by atoms with Gasteiger partial charge >= 0.3 is 0 Å². The highest BCUT2D eigenvalue weighted by atomic mass is 14.8. The number of allylic oxidation sites excluding steroid dienone is 1. The predicted octanol–water partition coefficient (Wildman–Crippen LogP) is 2.57. The van der Waals surface area contributed by atoms with Crippen LogP contribution >= 0.6 is 0 Å². The largest absolute Gasteiger partial charge is 0.317 e. The van der Waals surface area contributed by atoms with Gasteiger partial charge in [0.2, 0.25) is 0 Å². The van der Waals surface area contributed by atoms with Gasteiger partial charge in [0.1, 0.15) is 0 Å². The van der Waals surface area contributed by atoms with Crippen LogP contribution in [-0.4, -0.2) is 18.1 Å². The van der Waals surface area contributed by atoms with E-state index in [1.165, 1.54) is 11.1 Å². The van der Waals surface area contributed by atoms with Crippen LogP contribution in [0.4, 0.5) is 0 Å². The maximum absolute atomic E-state index is 4.11. The Labute approximate surface area is 92.4 Å². The molecule has 0 bridgehead atoms. The number of hydrogen-bond acceptors (Lipinski definition) is 2. The van der Waals surface area contributed by atoms with Crippen molar-refractivity contribution in [3.05, 3.63) is 41.7 Å². The van der Waals surface area contributed by atoms with Gasteiger partial charge in [-0.15, -0.1) is 0 Å². The van der Waals surface area contributed by atoms with Crippen LogP contribution < -0.4 is 5.32 Å². The monoisotopic (exact) mass is 204 g/mol. The standard InChI is InChI=1S/C13H20N2/c1-3-14-8-4-6-12(2)10-13-7-5-9-15-11-13/h5-7,9,11,14H,3-4,8,10H2,1-2H3/b12-6-. The molecule has 2 nitrogen and oxygen atoms in total. The molecule has 0 aliphatic heterocycles. The van der Waals surface area contributed by atoms with Crippen molar-refractivity contribution in [3.8, 4) is 0 Å². The van der Waals surface area contributed by atoms with Crippen LogP contribution in [0.5, 0.6) is 0 Å². The Bertz CT molecular complexity index is 291. The number of hydrogen-bond donors (Lipinski definition) is 1. The second kappa shape index (κ2) is 7.18. The molecule has 0 aliphatic carbocycles. The molecule has 1 heterocycles. The number of nitrogens with zero attached hydrogens (tertiary/aromatic N) is 1. The number of pyridine rings is 1. The summed E-state index contributed by atoms with van der Waals surface area (Å²) in [6.45, 7) is 6.43. The molecule has 0 aliphatic rings. The van der Waals surface area contributed by atoms with Crippen LogP contribution in [0.2, 0.25) is 0 Å². The molecule has 1 aromatic heterocycles. The number of rotatable bonds is 6. The van der Waals surface area contributed by atoms with Crippen LogP contribution in [-0.2, 0) is 6.42 Å². The molecule has 1 rings (SSSR count). The lowest BCUT2D eigenvalue weighted by atomic mass is 10.1. The quantitative estimate of drug-likeness (QED) is 0.569. The highest BCUT2D eigenvalue weighted by Gasteiger charge is 1.93. The minimum absolute atomic E-state index is 1.01. The summed E-state index contributed by atoms with van der Waals surface area (Å²) in [5.41, 5.74) is 2.70. The summed E-state index contributed by atoms with van der Waals surface area (Å²) in [4.78, 5) is 4.11. The fourth-order valence-electron chi connectivity index (χ4n) is 1.49. The molecule has 0 saturated carbocycles. The summed E-state index contributed by atoms with van der Waals surface area (Å²) in [7, 11) is 0. The molecule has 0 amide bonds. The van der Waals surface area contributed by atoms with Crippen LogP contribution in [0.1, 0.15) is 25.8 Å². The lowest BCUT2D eigenvalue weighted by molar-refractivity contribution is 0.724. The molecule has 0 unspecified atom stereocenters. The number of nitrogens with one attached hydrogen (secondary N) is 1. The van der Waals surface area contributed by atoms with Crippen LogP contribution in [0, 0.1) is 0 Å². The van der Waals surface area contributed by atoms with Gasteiger partial charge in [-0.05, 0) is 44.5 Å². The topological polar surface area (TPSA) is 24.9 Å². The molecular formula is C13H20N2. The van der Waals surface area contributed by atoms with Gasteiger partial charge in [0.15, 0.2) is 0 Å². The minimum Gasteiger partial charge on any atom is -0.317 e. The lowest BCUT2D eigenvalue weighted by Crippen LogP contribution is -2.13. The van der Waals surface area contributed by atoms with Gasteiger partial charge in [-0.25, -0.2) is 0 Å². The van der Waals surface area contributed by atoms with E-state index in [-0.39, 0.29) is 0 Å². The Morgan fingerprint density at radius 1 is 1.53 bits per heavy atom. The second-order valence-corrected chi connectivity index (χ2v) is 3.73. The Kier molecular flexibility index (Phi) is 5.71. The Balaban J connectivity index is 2.32. The summed E-state index contributed by atoms with van der Waals surface area (Å²) >= 11 is 0. The van der Waals surface area contributed by atoms with Gasteiger partial charge in [0, 0.05) is 12.4 Å². The van der Waals surface area contributed by atoms with Crippen LogP contribution in [0.15, 0.2) is 36.2 Å². The third kappa shape index (κ3) is 5.33. The van der Waals surface area contributed by atoms with Gasteiger partial charge in [-0.2, -0.15) is 0 Å². The fourth-order valence-corrected chi connectivity index (χ4v) is 1.49. The van der Waals surface area contributed by atoms with E-state index in [9.17, 15) is 0 Å². The zero-order chi connectivity index (χ0) is 10.9. The molecule has 0 fully saturated rings. The predicted molar refractivity (Wildman–Crippen MR) is 64.9 cm³/mol. The van der Waals surface area contributed by atoms with Gasteiger partial charge in [-0.3, -0.25) is 4.98 Å². The molecule has 0 radical (unpaired) electrons. The van der Waals surface area contributed by atoms with Gasteiger partial charge < -0.3 is 5.32 Å². The molecule has 1 N–H and O–H groups in total. The molecule has 0 saturated heterocycles. The van der Waals surface area contributed by atoms with E-state index in [2.05, 4.69) is 36.3 Å². The first-order chi connectivity index (χ1) is 7.33. The maximum Gasteiger partial charge on any atom is 0.0303 e. The SMILES string of the molecule is CCNCC/C=C(/C)Cc1cccnc1. The molecule has 82 valence electrons. The van der Waals surface area contributed by atoms with E-state index >= 15 is 0 Å². The molecule has 2 heteroatoms. The molecule has 0 aromatic carbocycles. The van der Waals surface area contributed by atoms with Gasteiger partial charge in [0.05, 0.1) is 0 Å². The summed E-state index contributed by atoms with van der Waals surface area (Å²) in [5.74, 6) is 0. The van der Waals surface area contributed by atoms with Gasteiger partial charge in [0.25, 0.3) is 0 Å². The lowest BCUT2D eigenvalue weighted by Gasteiger charge is -2.02. The van der Waals surface area contributed by atoms with Crippen LogP contribution in [0.3, 0.4) is 0 Å². The highest BCUT2D eigenvalue weighted by Crippen LogP contribution is 2.06. The second-order valence-electron chi connectivity index (χ2n) is 3.73. The van der Waals surface area contributed by atoms with Crippen molar-refractivity contribution >= 4 is 0 Å². The third-order valence-electron chi connectivity index (χ3n) is 2.27. The number of aromatic nitrogens is 1. The van der Waals surface area contributed by atoms with Crippen molar-refractivity contribution in [2.24, 2.45) is 0 Å². The van der Waals surface area contributed by atoms with Gasteiger partial charge in [-0.1, -0.05) is 24.6 Å². The minimum atomic E-state index is 1.01. The maximum atomic E-state index is 4.11. The Morgan fingerprint density at radius 2 is 2.40 bits per heavy atom. The summed E-state index contributed by atoms with van der Waals surface area (Å²) < 4.78 is 0. The zero-order valence-corrected chi connectivity index (χ0v) is 9.66. The van der Waals surface area contributed by atoms with E-state index in [0.29, 0.717) is 0 Å². The summed E-state index contributed by atoms with van der Waals surface area (Å²) in [5, 5.41) is 3.31.